The van der Waals surface area contributed by atoms with Gasteiger partial charge in [-0.15, -0.1) is 0 Å². The van der Waals surface area contributed by atoms with E-state index in [0.717, 1.165) is 4.90 Å². The fourth-order valence-electron chi connectivity index (χ4n) is 4.17. The SMILES string of the molecule is CC(CN(C(=O)[C@@H](N)CS)[C@H](CCC(N)=O)C(=O)O)O[C@H]1[C@H](O)[C@@H](CO)O[C@H](O)[C@@H]1NC(=O)c1ccccc1. The number of hydrogen-bond donors (Lipinski definition) is 8. The number of aliphatic hydroxyl groups excluding tert-OH is 3. The summed E-state index contributed by atoms with van der Waals surface area (Å²) < 4.78 is 11.2. The molecule has 1 aliphatic rings. The van der Waals surface area contributed by atoms with Crippen molar-refractivity contribution in [2.45, 2.75) is 68.6 Å². The van der Waals surface area contributed by atoms with Gasteiger partial charge in [-0.05, 0) is 25.5 Å². The number of hydrogen-bond acceptors (Lipinski definition) is 11. The molecular formula is C24H36N4O10S. The molecular weight excluding hydrogens is 536 g/mol. The van der Waals surface area contributed by atoms with E-state index >= 15 is 0 Å². The number of aliphatic hydroxyl groups is 3. The normalized spacial score (nSPS) is 25.2. The molecule has 0 saturated carbocycles. The van der Waals surface area contributed by atoms with Gasteiger partial charge in [0.05, 0.1) is 18.8 Å². The molecule has 0 spiro atoms. The third-order valence-corrected chi connectivity index (χ3v) is 6.57. The smallest absolute Gasteiger partial charge is 0.326 e. The van der Waals surface area contributed by atoms with Crippen LogP contribution in [0.25, 0.3) is 0 Å². The average molecular weight is 573 g/mol. The van der Waals surface area contributed by atoms with Gasteiger partial charge in [0.15, 0.2) is 6.29 Å². The van der Waals surface area contributed by atoms with Gasteiger partial charge in [0.1, 0.15) is 30.4 Å². The molecule has 0 aromatic heterocycles. The fourth-order valence-corrected chi connectivity index (χ4v) is 4.32. The second kappa shape index (κ2) is 15.1. The van der Waals surface area contributed by atoms with Crippen LogP contribution >= 0.6 is 12.6 Å². The van der Waals surface area contributed by atoms with Crippen molar-refractivity contribution in [2.24, 2.45) is 11.5 Å². The molecule has 15 heteroatoms. The van der Waals surface area contributed by atoms with Gasteiger partial charge in [-0.3, -0.25) is 14.4 Å². The summed E-state index contributed by atoms with van der Waals surface area (Å²) in [6.45, 7) is 0.429. The maximum atomic E-state index is 13.0. The summed E-state index contributed by atoms with van der Waals surface area (Å²) in [7, 11) is 0. The fraction of sp³-hybridized carbons (Fsp3) is 0.583. The Balaban J connectivity index is 2.31. The molecule has 1 aromatic rings. The summed E-state index contributed by atoms with van der Waals surface area (Å²) in [6.07, 6.45) is -7.44. The Hall–Kier alpha value is -2.79. The van der Waals surface area contributed by atoms with Crippen LogP contribution < -0.4 is 16.8 Å². The maximum absolute atomic E-state index is 13.0. The number of primary amides is 1. The lowest BCUT2D eigenvalue weighted by molar-refractivity contribution is -0.267. The first-order valence-corrected chi connectivity index (χ1v) is 12.9. The van der Waals surface area contributed by atoms with Crippen molar-refractivity contribution >= 4 is 36.3 Å². The van der Waals surface area contributed by atoms with Crippen molar-refractivity contribution in [1.29, 1.82) is 0 Å². The molecule has 9 N–H and O–H groups in total. The Morgan fingerprint density at radius 2 is 1.85 bits per heavy atom. The van der Waals surface area contributed by atoms with Crippen molar-refractivity contribution in [3.63, 3.8) is 0 Å². The van der Waals surface area contributed by atoms with Crippen LogP contribution in [0.5, 0.6) is 0 Å². The first-order valence-electron chi connectivity index (χ1n) is 12.2. The molecule has 14 nitrogen and oxygen atoms in total. The van der Waals surface area contributed by atoms with Crippen LogP contribution in [0.3, 0.4) is 0 Å². The van der Waals surface area contributed by atoms with E-state index in [9.17, 15) is 39.6 Å². The number of thiol groups is 1. The first kappa shape index (κ1) is 32.4. The van der Waals surface area contributed by atoms with E-state index in [0.29, 0.717) is 0 Å². The molecule has 1 saturated heterocycles. The van der Waals surface area contributed by atoms with E-state index in [1.807, 2.05) is 0 Å². The zero-order chi connectivity index (χ0) is 29.3. The van der Waals surface area contributed by atoms with Gasteiger partial charge in [0.25, 0.3) is 5.91 Å². The number of benzene rings is 1. The summed E-state index contributed by atoms with van der Waals surface area (Å²) in [5.41, 5.74) is 11.2. The first-order chi connectivity index (χ1) is 18.4. The average Bonchev–Trinajstić information content (AvgIpc) is 2.90. The van der Waals surface area contributed by atoms with E-state index < -0.39 is 79.1 Å². The van der Waals surface area contributed by atoms with Crippen molar-refractivity contribution in [2.75, 3.05) is 18.9 Å². The highest BCUT2D eigenvalue weighted by atomic mass is 32.1. The highest BCUT2D eigenvalue weighted by Crippen LogP contribution is 2.25. The minimum absolute atomic E-state index is 0.0939. The number of carbonyl (C=O) groups excluding carboxylic acids is 3. The molecule has 1 heterocycles. The zero-order valence-electron chi connectivity index (χ0n) is 21.3. The topological polar surface area (TPSA) is 235 Å². The van der Waals surface area contributed by atoms with Gasteiger partial charge < -0.3 is 51.6 Å². The summed E-state index contributed by atoms with van der Waals surface area (Å²) >= 11 is 4.00. The van der Waals surface area contributed by atoms with Gasteiger partial charge >= 0.3 is 5.97 Å². The minimum Gasteiger partial charge on any atom is -0.480 e. The third-order valence-electron chi connectivity index (χ3n) is 6.17. The predicted octanol–water partition coefficient (Wildman–Crippen LogP) is -2.57. The van der Waals surface area contributed by atoms with Crippen LogP contribution in [0.15, 0.2) is 30.3 Å². The molecule has 8 atom stereocenters. The summed E-state index contributed by atoms with van der Waals surface area (Å²) in [4.78, 5) is 50.0. The van der Waals surface area contributed by atoms with E-state index in [4.69, 9.17) is 20.9 Å². The molecule has 2 rings (SSSR count). The van der Waals surface area contributed by atoms with Crippen LogP contribution in [-0.4, -0.2) is 117 Å². The van der Waals surface area contributed by atoms with Gasteiger partial charge in [-0.1, -0.05) is 18.2 Å². The Morgan fingerprint density at radius 1 is 1.21 bits per heavy atom. The second-order valence-electron chi connectivity index (χ2n) is 9.15. The number of nitrogens with zero attached hydrogens (tertiary/aromatic N) is 1. The molecule has 3 amide bonds. The number of carboxylic acids is 1. The second-order valence-corrected chi connectivity index (χ2v) is 9.52. The molecule has 218 valence electrons. The predicted molar refractivity (Wildman–Crippen MR) is 139 cm³/mol. The highest BCUT2D eigenvalue weighted by molar-refractivity contribution is 7.80. The van der Waals surface area contributed by atoms with E-state index in [1.165, 1.54) is 19.1 Å². The quantitative estimate of drug-likeness (QED) is 0.108. The molecule has 0 bridgehead atoms. The van der Waals surface area contributed by atoms with Crippen LogP contribution in [0.4, 0.5) is 0 Å². The molecule has 1 fully saturated rings. The Kier molecular flexibility index (Phi) is 12.6. The van der Waals surface area contributed by atoms with Gasteiger partial charge in [0.2, 0.25) is 11.8 Å². The largest absolute Gasteiger partial charge is 0.480 e. The number of rotatable bonds is 14. The molecule has 39 heavy (non-hydrogen) atoms. The van der Waals surface area contributed by atoms with E-state index in [2.05, 4.69) is 17.9 Å². The van der Waals surface area contributed by atoms with Crippen molar-refractivity contribution < 1.29 is 49.1 Å². The number of carbonyl (C=O) groups is 4. The molecule has 1 aromatic carbocycles. The Bertz CT molecular complexity index is 987. The standard InChI is InChI=1S/C24H36N4O10S/c1-12(9-28(22(33)14(25)11-39)15(23(34)35)7-8-17(26)30)37-20-18(24(36)38-16(10-29)19(20)31)27-21(32)13-5-3-2-4-6-13/h2-6,12,14-16,18-20,24,29,31,36,39H,7-11,25H2,1H3,(H2,26,30)(H,27,32)(H,34,35)/t12?,14-,15+,16+,18+,19+,20+,24-/m0/s1. The van der Waals surface area contributed by atoms with E-state index in [-0.39, 0.29) is 30.7 Å². The Morgan fingerprint density at radius 3 is 2.38 bits per heavy atom. The number of nitrogens with two attached hydrogens (primary N) is 2. The van der Waals surface area contributed by atoms with E-state index in [1.54, 1.807) is 18.2 Å². The van der Waals surface area contributed by atoms with Crippen LogP contribution in [-0.2, 0) is 23.9 Å². The van der Waals surface area contributed by atoms with Gasteiger partial charge in [-0.25, -0.2) is 4.79 Å². The van der Waals surface area contributed by atoms with Crippen molar-refractivity contribution in [3.05, 3.63) is 35.9 Å². The van der Waals surface area contributed by atoms with Crippen LogP contribution in [0, 0.1) is 0 Å². The number of ether oxygens (including phenoxy) is 2. The maximum Gasteiger partial charge on any atom is 0.326 e. The summed E-state index contributed by atoms with van der Waals surface area (Å²) in [6, 6.07) is 4.08. The molecule has 1 aliphatic heterocycles. The number of carboxylic acid groups (broad SMARTS) is 1. The third kappa shape index (κ3) is 8.86. The van der Waals surface area contributed by atoms with Crippen molar-refractivity contribution in [3.8, 4) is 0 Å². The molecule has 1 unspecified atom stereocenters. The lowest BCUT2D eigenvalue weighted by Crippen LogP contribution is -2.66. The lowest BCUT2D eigenvalue weighted by atomic mass is 9.96. The number of aliphatic carboxylic acids is 1. The molecule has 0 aliphatic carbocycles. The highest BCUT2D eigenvalue weighted by Gasteiger charge is 2.47. The lowest BCUT2D eigenvalue weighted by Gasteiger charge is -2.44. The zero-order valence-corrected chi connectivity index (χ0v) is 22.2. The van der Waals surface area contributed by atoms with Crippen LogP contribution in [0.2, 0.25) is 0 Å². The van der Waals surface area contributed by atoms with Gasteiger partial charge in [0, 0.05) is 24.3 Å². The molecule has 0 radical (unpaired) electrons. The van der Waals surface area contributed by atoms with Crippen molar-refractivity contribution in [1.82, 2.24) is 10.2 Å². The number of nitrogens with one attached hydrogen (secondary N) is 1. The van der Waals surface area contributed by atoms with Gasteiger partial charge in [-0.2, -0.15) is 12.6 Å². The minimum atomic E-state index is -1.69. The summed E-state index contributed by atoms with van der Waals surface area (Å²) in [5, 5.41) is 43.3. The van der Waals surface area contributed by atoms with Crippen LogP contribution in [0.1, 0.15) is 30.1 Å². The monoisotopic (exact) mass is 572 g/mol. The summed E-state index contributed by atoms with van der Waals surface area (Å²) in [5.74, 6) is -3.63. The number of amides is 3. The Labute approximate surface area is 230 Å².